The molecule has 5 nitrogen and oxygen atoms in total. The summed E-state index contributed by atoms with van der Waals surface area (Å²) in [6.45, 7) is 5.88. The van der Waals surface area contributed by atoms with Gasteiger partial charge in [0.2, 0.25) is 0 Å². The lowest BCUT2D eigenvalue weighted by molar-refractivity contribution is 0.0998. The Kier molecular flexibility index (Phi) is 5.78. The van der Waals surface area contributed by atoms with Crippen LogP contribution >= 0.6 is 27.3 Å². The van der Waals surface area contributed by atoms with Gasteiger partial charge in [0.1, 0.15) is 0 Å². The predicted molar refractivity (Wildman–Crippen MR) is 112 cm³/mol. The first-order chi connectivity index (χ1) is 12.9. The third-order valence-electron chi connectivity index (χ3n) is 3.99. The van der Waals surface area contributed by atoms with Crippen molar-refractivity contribution < 1.29 is 13.2 Å². The Morgan fingerprint density at radius 1 is 1.26 bits per heavy atom. The fourth-order valence-electron chi connectivity index (χ4n) is 2.56. The SMILES string of the molecule is C=CCn1c(=NC(=O)c2ccc(S(=O)(=O)CC)cc2)sc2cc(Br)ccc21. The van der Waals surface area contributed by atoms with Crippen molar-refractivity contribution in [2.75, 3.05) is 5.75 Å². The highest BCUT2D eigenvalue weighted by Crippen LogP contribution is 2.22. The van der Waals surface area contributed by atoms with Crippen molar-refractivity contribution in [1.82, 2.24) is 4.57 Å². The number of hydrogen-bond donors (Lipinski definition) is 0. The van der Waals surface area contributed by atoms with Crippen LogP contribution in [0.2, 0.25) is 0 Å². The summed E-state index contributed by atoms with van der Waals surface area (Å²) in [6, 6.07) is 11.8. The number of sulfone groups is 1. The van der Waals surface area contributed by atoms with Gasteiger partial charge in [-0.1, -0.05) is 40.3 Å². The number of hydrogen-bond acceptors (Lipinski definition) is 4. The van der Waals surface area contributed by atoms with Crippen molar-refractivity contribution in [1.29, 1.82) is 0 Å². The summed E-state index contributed by atoms with van der Waals surface area (Å²) in [5.41, 5.74) is 1.31. The van der Waals surface area contributed by atoms with Crippen molar-refractivity contribution in [3.05, 3.63) is 70.0 Å². The van der Waals surface area contributed by atoms with Crippen LogP contribution in [-0.2, 0) is 16.4 Å². The van der Waals surface area contributed by atoms with Crippen LogP contribution in [0.1, 0.15) is 17.3 Å². The summed E-state index contributed by atoms with van der Waals surface area (Å²) in [5.74, 6) is -0.400. The molecule has 27 heavy (non-hydrogen) atoms. The molecule has 1 aromatic heterocycles. The number of benzene rings is 2. The second kappa shape index (κ2) is 7.92. The van der Waals surface area contributed by atoms with Gasteiger partial charge >= 0.3 is 0 Å². The number of thiazole rings is 1. The maximum Gasteiger partial charge on any atom is 0.279 e. The molecule has 8 heteroatoms. The van der Waals surface area contributed by atoms with Crippen LogP contribution in [0.15, 0.2) is 69.5 Å². The molecule has 0 N–H and O–H groups in total. The van der Waals surface area contributed by atoms with E-state index < -0.39 is 15.7 Å². The minimum atomic E-state index is -3.29. The highest BCUT2D eigenvalue weighted by atomic mass is 79.9. The van der Waals surface area contributed by atoms with Crippen molar-refractivity contribution in [3.8, 4) is 0 Å². The highest BCUT2D eigenvalue weighted by Gasteiger charge is 2.13. The normalized spacial score (nSPS) is 12.4. The minimum absolute atomic E-state index is 0.0174. The van der Waals surface area contributed by atoms with E-state index in [9.17, 15) is 13.2 Å². The molecular formula is C19H17BrN2O3S2. The van der Waals surface area contributed by atoms with Gasteiger partial charge in [-0.3, -0.25) is 4.79 Å². The summed E-state index contributed by atoms with van der Waals surface area (Å²) >= 11 is 4.87. The second-order valence-corrected chi connectivity index (χ2v) is 9.94. The van der Waals surface area contributed by atoms with E-state index in [0.29, 0.717) is 16.9 Å². The molecule has 0 fully saturated rings. The molecule has 0 bridgehead atoms. The van der Waals surface area contributed by atoms with E-state index in [2.05, 4.69) is 27.5 Å². The van der Waals surface area contributed by atoms with E-state index in [1.54, 1.807) is 13.0 Å². The largest absolute Gasteiger partial charge is 0.312 e. The van der Waals surface area contributed by atoms with E-state index in [1.165, 1.54) is 35.6 Å². The highest BCUT2D eigenvalue weighted by molar-refractivity contribution is 9.10. The average Bonchev–Trinajstić information content (AvgIpc) is 2.98. The molecule has 0 aliphatic rings. The topological polar surface area (TPSA) is 68.5 Å². The molecule has 0 unspecified atom stereocenters. The van der Waals surface area contributed by atoms with Gasteiger partial charge in [0.05, 0.1) is 20.9 Å². The third-order valence-corrected chi connectivity index (χ3v) is 7.28. The summed E-state index contributed by atoms with van der Waals surface area (Å²) in [4.78, 5) is 17.6. The number of nitrogens with zero attached hydrogens (tertiary/aromatic N) is 2. The molecule has 3 aromatic rings. The number of fused-ring (bicyclic) bond motifs is 1. The van der Waals surface area contributed by atoms with Crippen LogP contribution in [-0.4, -0.2) is 24.6 Å². The Bertz CT molecular complexity index is 1190. The smallest absolute Gasteiger partial charge is 0.279 e. The van der Waals surface area contributed by atoms with Gasteiger partial charge in [-0.05, 0) is 42.5 Å². The van der Waals surface area contributed by atoms with Crippen LogP contribution in [0.4, 0.5) is 0 Å². The van der Waals surface area contributed by atoms with E-state index in [1.807, 2.05) is 22.8 Å². The van der Waals surface area contributed by atoms with Crippen LogP contribution in [0, 0.1) is 0 Å². The van der Waals surface area contributed by atoms with Crippen LogP contribution in [0.25, 0.3) is 10.2 Å². The molecule has 0 atom stereocenters. The molecule has 0 aliphatic carbocycles. The maximum absolute atomic E-state index is 12.6. The van der Waals surface area contributed by atoms with Gasteiger partial charge in [-0.2, -0.15) is 4.99 Å². The average molecular weight is 465 g/mol. The number of aromatic nitrogens is 1. The van der Waals surface area contributed by atoms with E-state index in [4.69, 9.17) is 0 Å². The predicted octanol–water partition coefficient (Wildman–Crippen LogP) is 4.19. The molecule has 0 radical (unpaired) electrons. The summed E-state index contributed by atoms with van der Waals surface area (Å²) in [6.07, 6.45) is 1.75. The summed E-state index contributed by atoms with van der Waals surface area (Å²) < 4.78 is 27.7. The maximum atomic E-state index is 12.6. The van der Waals surface area contributed by atoms with Gasteiger partial charge in [-0.25, -0.2) is 8.42 Å². The van der Waals surface area contributed by atoms with Crippen LogP contribution < -0.4 is 4.80 Å². The lowest BCUT2D eigenvalue weighted by Crippen LogP contribution is -2.16. The Balaban J connectivity index is 2.04. The monoisotopic (exact) mass is 464 g/mol. The van der Waals surface area contributed by atoms with Crippen LogP contribution in [0.5, 0.6) is 0 Å². The van der Waals surface area contributed by atoms with Gasteiger partial charge in [0.15, 0.2) is 14.6 Å². The van der Waals surface area contributed by atoms with Gasteiger partial charge in [-0.15, -0.1) is 6.58 Å². The van der Waals surface area contributed by atoms with Crippen molar-refractivity contribution in [3.63, 3.8) is 0 Å². The van der Waals surface area contributed by atoms with Gasteiger partial charge in [0.25, 0.3) is 5.91 Å². The zero-order valence-corrected chi connectivity index (χ0v) is 17.8. The standard InChI is InChI=1S/C19H17BrN2O3S2/c1-3-11-22-16-10-7-14(20)12-17(16)26-19(22)21-18(23)13-5-8-15(9-6-13)27(24,25)4-2/h3,5-10,12H,1,4,11H2,2H3. The molecule has 140 valence electrons. The number of allylic oxidation sites excluding steroid dienone is 1. The Morgan fingerprint density at radius 3 is 2.59 bits per heavy atom. The van der Waals surface area contributed by atoms with E-state index in [0.717, 1.165) is 14.7 Å². The first-order valence-electron chi connectivity index (χ1n) is 8.17. The number of rotatable bonds is 5. The van der Waals surface area contributed by atoms with Gasteiger partial charge < -0.3 is 4.57 Å². The fourth-order valence-corrected chi connectivity index (χ4v) is 5.03. The first kappa shape index (κ1) is 19.7. The first-order valence-corrected chi connectivity index (χ1v) is 11.4. The minimum Gasteiger partial charge on any atom is -0.312 e. The summed E-state index contributed by atoms with van der Waals surface area (Å²) in [5, 5.41) is 0. The lowest BCUT2D eigenvalue weighted by atomic mass is 10.2. The quantitative estimate of drug-likeness (QED) is 0.531. The molecule has 0 saturated heterocycles. The van der Waals surface area contributed by atoms with Crippen molar-refractivity contribution >= 4 is 53.2 Å². The number of carbonyl (C=O) groups is 1. The molecule has 0 spiro atoms. The molecule has 1 amide bonds. The van der Waals surface area contributed by atoms with Crippen molar-refractivity contribution in [2.45, 2.75) is 18.4 Å². The Labute approximate surface area is 169 Å². The molecule has 0 aliphatic heterocycles. The third kappa shape index (κ3) is 4.12. The van der Waals surface area contributed by atoms with Crippen molar-refractivity contribution in [2.24, 2.45) is 4.99 Å². The number of halogens is 1. The molecule has 0 saturated carbocycles. The lowest BCUT2D eigenvalue weighted by Gasteiger charge is -2.02. The molecule has 1 heterocycles. The molecular weight excluding hydrogens is 448 g/mol. The fraction of sp³-hybridized carbons (Fsp3) is 0.158. The van der Waals surface area contributed by atoms with Gasteiger partial charge in [0, 0.05) is 16.6 Å². The second-order valence-electron chi connectivity index (χ2n) is 5.74. The zero-order valence-electron chi connectivity index (χ0n) is 14.6. The van der Waals surface area contributed by atoms with E-state index >= 15 is 0 Å². The molecule has 2 aromatic carbocycles. The summed E-state index contributed by atoms with van der Waals surface area (Å²) in [7, 11) is -3.29. The van der Waals surface area contributed by atoms with Crippen LogP contribution in [0.3, 0.4) is 0 Å². The number of amides is 1. The van der Waals surface area contributed by atoms with E-state index in [-0.39, 0.29) is 10.6 Å². The Hall–Kier alpha value is -2.03. The number of carbonyl (C=O) groups excluding carboxylic acids is 1. The zero-order chi connectivity index (χ0) is 19.6. The Morgan fingerprint density at radius 2 is 1.96 bits per heavy atom. The molecule has 3 rings (SSSR count).